The Morgan fingerprint density at radius 1 is 1.29 bits per heavy atom. The number of fused-ring (bicyclic) bond motifs is 1. The quantitative estimate of drug-likeness (QED) is 0.937. The van der Waals surface area contributed by atoms with E-state index in [1.165, 1.54) is 22.6 Å². The van der Waals surface area contributed by atoms with Gasteiger partial charge in [-0.2, -0.15) is 5.10 Å². The Morgan fingerprint density at radius 3 is 2.86 bits per heavy atom. The van der Waals surface area contributed by atoms with Gasteiger partial charge in [-0.15, -0.1) is 0 Å². The van der Waals surface area contributed by atoms with Gasteiger partial charge in [-0.1, -0.05) is 25.1 Å². The highest BCUT2D eigenvalue weighted by molar-refractivity contribution is 5.56. The lowest BCUT2D eigenvalue weighted by molar-refractivity contribution is 0.565. The van der Waals surface area contributed by atoms with E-state index < -0.39 is 0 Å². The zero-order chi connectivity index (χ0) is 14.8. The Kier molecular flexibility index (Phi) is 3.97. The van der Waals surface area contributed by atoms with Gasteiger partial charge in [0.25, 0.3) is 0 Å². The third-order valence-corrected chi connectivity index (χ3v) is 4.20. The first kappa shape index (κ1) is 14.1. The number of aromatic nitrogens is 2. The van der Waals surface area contributed by atoms with E-state index >= 15 is 0 Å². The Balaban J connectivity index is 1.89. The van der Waals surface area contributed by atoms with Crippen molar-refractivity contribution in [3.63, 3.8) is 0 Å². The number of aryl methyl sites for hydroxylation is 2. The molecule has 4 nitrogen and oxygen atoms in total. The number of para-hydroxylation sites is 1. The maximum absolute atomic E-state index is 6.23. The van der Waals surface area contributed by atoms with Gasteiger partial charge < -0.3 is 10.6 Å². The van der Waals surface area contributed by atoms with Crippen LogP contribution in [0.25, 0.3) is 0 Å². The molecule has 1 aromatic heterocycles. The predicted molar refractivity (Wildman–Crippen MR) is 86.5 cm³/mol. The summed E-state index contributed by atoms with van der Waals surface area (Å²) >= 11 is 0. The van der Waals surface area contributed by atoms with Crippen molar-refractivity contribution in [2.45, 2.75) is 45.8 Å². The van der Waals surface area contributed by atoms with Crippen molar-refractivity contribution in [2.75, 3.05) is 11.4 Å². The fourth-order valence-electron chi connectivity index (χ4n) is 3.15. The van der Waals surface area contributed by atoms with Gasteiger partial charge in [0.05, 0.1) is 17.9 Å². The fourth-order valence-corrected chi connectivity index (χ4v) is 3.15. The van der Waals surface area contributed by atoms with Crippen LogP contribution in [0.3, 0.4) is 0 Å². The van der Waals surface area contributed by atoms with E-state index in [0.717, 1.165) is 32.5 Å². The highest BCUT2D eigenvalue weighted by atomic mass is 15.3. The highest BCUT2D eigenvalue weighted by Gasteiger charge is 2.22. The van der Waals surface area contributed by atoms with Crippen molar-refractivity contribution in [3.8, 4) is 0 Å². The molecule has 4 heteroatoms. The van der Waals surface area contributed by atoms with Crippen molar-refractivity contribution in [3.05, 3.63) is 47.3 Å². The van der Waals surface area contributed by atoms with E-state index in [9.17, 15) is 0 Å². The average Bonchev–Trinajstić information content (AvgIpc) is 2.89. The number of nitrogens with two attached hydrogens (primary N) is 1. The molecule has 0 amide bonds. The number of anilines is 1. The van der Waals surface area contributed by atoms with Crippen molar-refractivity contribution in [2.24, 2.45) is 5.73 Å². The maximum atomic E-state index is 6.23. The Morgan fingerprint density at radius 2 is 2.10 bits per heavy atom. The Bertz CT molecular complexity index is 617. The van der Waals surface area contributed by atoms with Crippen molar-refractivity contribution < 1.29 is 0 Å². The van der Waals surface area contributed by atoms with Crippen LogP contribution in [0, 0.1) is 0 Å². The Labute approximate surface area is 126 Å². The molecule has 112 valence electrons. The van der Waals surface area contributed by atoms with E-state index in [1.807, 2.05) is 0 Å². The lowest BCUT2D eigenvalue weighted by Gasteiger charge is -2.34. The molecular weight excluding hydrogens is 260 g/mol. The summed E-state index contributed by atoms with van der Waals surface area (Å²) in [7, 11) is 0. The van der Waals surface area contributed by atoms with Gasteiger partial charge >= 0.3 is 0 Å². The number of benzene rings is 1. The zero-order valence-corrected chi connectivity index (χ0v) is 12.9. The van der Waals surface area contributed by atoms with Crippen LogP contribution in [0.15, 0.2) is 30.3 Å². The molecule has 0 aliphatic carbocycles. The topological polar surface area (TPSA) is 47.1 Å². The second-order valence-electron chi connectivity index (χ2n) is 5.77. The molecule has 2 heterocycles. The first-order valence-electron chi connectivity index (χ1n) is 7.85. The van der Waals surface area contributed by atoms with Gasteiger partial charge in [-0.25, -0.2) is 0 Å². The van der Waals surface area contributed by atoms with Crippen LogP contribution in [0.5, 0.6) is 0 Å². The molecule has 21 heavy (non-hydrogen) atoms. The standard InChI is InChI=1S/C17H24N4/c1-3-15-10-16(21(4-2)19-15)12-20-11-14(18)9-13-7-5-6-8-17(13)20/h5-8,10,14H,3-4,9,11-12,18H2,1-2H3. The summed E-state index contributed by atoms with van der Waals surface area (Å²) in [4.78, 5) is 2.39. The molecule has 0 bridgehead atoms. The maximum Gasteiger partial charge on any atom is 0.0625 e. The minimum Gasteiger partial charge on any atom is -0.364 e. The molecule has 0 spiro atoms. The minimum atomic E-state index is 0.212. The molecule has 2 N–H and O–H groups in total. The lowest BCUT2D eigenvalue weighted by atomic mass is 9.98. The molecule has 1 aliphatic rings. The zero-order valence-electron chi connectivity index (χ0n) is 12.9. The molecule has 0 radical (unpaired) electrons. The van der Waals surface area contributed by atoms with Crippen molar-refractivity contribution in [1.29, 1.82) is 0 Å². The van der Waals surface area contributed by atoms with E-state index in [-0.39, 0.29) is 6.04 Å². The smallest absolute Gasteiger partial charge is 0.0625 e. The normalized spacial score (nSPS) is 17.9. The number of rotatable bonds is 4. The molecule has 1 aliphatic heterocycles. The number of hydrogen-bond acceptors (Lipinski definition) is 3. The molecule has 0 saturated heterocycles. The number of hydrogen-bond donors (Lipinski definition) is 1. The predicted octanol–water partition coefficient (Wildman–Crippen LogP) is 2.36. The second-order valence-corrected chi connectivity index (χ2v) is 5.77. The summed E-state index contributed by atoms with van der Waals surface area (Å²) in [6, 6.07) is 11.0. The summed E-state index contributed by atoms with van der Waals surface area (Å²) in [5.74, 6) is 0. The summed E-state index contributed by atoms with van der Waals surface area (Å²) in [6.07, 6.45) is 1.95. The molecule has 1 atom stereocenters. The molecule has 1 aromatic carbocycles. The van der Waals surface area contributed by atoms with Crippen LogP contribution in [0.1, 0.15) is 30.8 Å². The van der Waals surface area contributed by atoms with Crippen molar-refractivity contribution >= 4 is 5.69 Å². The molecule has 3 rings (SSSR count). The molecule has 1 unspecified atom stereocenters. The molecule has 0 saturated carbocycles. The lowest BCUT2D eigenvalue weighted by Crippen LogP contribution is -2.43. The summed E-state index contributed by atoms with van der Waals surface area (Å²) in [6.45, 7) is 7.00. The van der Waals surface area contributed by atoms with Gasteiger partial charge in [-0.05, 0) is 37.5 Å². The molecule has 0 fully saturated rings. The summed E-state index contributed by atoms with van der Waals surface area (Å²) in [5, 5.41) is 4.65. The Hall–Kier alpha value is -1.81. The van der Waals surface area contributed by atoms with Gasteiger partial charge in [0, 0.05) is 24.8 Å². The van der Waals surface area contributed by atoms with Crippen LogP contribution in [0.2, 0.25) is 0 Å². The molecular formula is C17H24N4. The van der Waals surface area contributed by atoms with Gasteiger partial charge in [-0.3, -0.25) is 4.68 Å². The highest BCUT2D eigenvalue weighted by Crippen LogP contribution is 2.27. The summed E-state index contributed by atoms with van der Waals surface area (Å²) < 4.78 is 2.11. The van der Waals surface area contributed by atoms with Crippen molar-refractivity contribution in [1.82, 2.24) is 9.78 Å². The third kappa shape index (κ3) is 2.81. The third-order valence-electron chi connectivity index (χ3n) is 4.20. The van der Waals surface area contributed by atoms with Crippen LogP contribution in [-0.2, 0) is 25.9 Å². The SMILES string of the molecule is CCc1cc(CN2CC(N)Cc3ccccc32)n(CC)n1. The average molecular weight is 284 g/mol. The first-order chi connectivity index (χ1) is 10.2. The number of nitrogens with zero attached hydrogens (tertiary/aromatic N) is 3. The minimum absolute atomic E-state index is 0.212. The fraction of sp³-hybridized carbons (Fsp3) is 0.471. The van der Waals surface area contributed by atoms with E-state index in [1.54, 1.807) is 0 Å². The summed E-state index contributed by atoms with van der Waals surface area (Å²) in [5.41, 5.74) is 11.4. The van der Waals surface area contributed by atoms with Crippen LogP contribution in [-0.4, -0.2) is 22.4 Å². The monoisotopic (exact) mass is 284 g/mol. The van der Waals surface area contributed by atoms with Gasteiger partial charge in [0.2, 0.25) is 0 Å². The van der Waals surface area contributed by atoms with E-state index in [2.05, 4.69) is 58.9 Å². The van der Waals surface area contributed by atoms with Crippen LogP contribution >= 0.6 is 0 Å². The second kappa shape index (κ2) is 5.90. The molecule has 2 aromatic rings. The van der Waals surface area contributed by atoms with E-state index in [4.69, 9.17) is 5.73 Å². The van der Waals surface area contributed by atoms with Crippen LogP contribution < -0.4 is 10.6 Å². The first-order valence-corrected chi connectivity index (χ1v) is 7.85. The van der Waals surface area contributed by atoms with Crippen LogP contribution in [0.4, 0.5) is 5.69 Å². The largest absolute Gasteiger partial charge is 0.364 e. The van der Waals surface area contributed by atoms with E-state index in [0.29, 0.717) is 0 Å². The van der Waals surface area contributed by atoms with Gasteiger partial charge in [0.1, 0.15) is 0 Å². The van der Waals surface area contributed by atoms with Gasteiger partial charge in [0.15, 0.2) is 0 Å².